The molecule has 4 aromatic carbocycles. The van der Waals surface area contributed by atoms with E-state index in [2.05, 4.69) is 107 Å². The smallest absolute Gasteiger partial charge is 0.126 e. The average Bonchev–Trinajstić information content (AvgIpc) is 3.60. The summed E-state index contributed by atoms with van der Waals surface area (Å²) in [4.78, 5) is 0. The first-order valence-electron chi connectivity index (χ1n) is 12.7. The maximum absolute atomic E-state index is 5.68. The van der Waals surface area contributed by atoms with Crippen LogP contribution in [0.4, 0.5) is 0 Å². The lowest BCUT2D eigenvalue weighted by molar-refractivity contribution is 0.0950. The molecule has 6 rings (SSSR count). The van der Waals surface area contributed by atoms with E-state index in [-0.39, 0.29) is 17.2 Å². The molecule has 0 saturated carbocycles. The van der Waals surface area contributed by atoms with Crippen molar-refractivity contribution in [2.24, 2.45) is 0 Å². The zero-order chi connectivity index (χ0) is 23.9. The zero-order valence-electron chi connectivity index (χ0n) is 20.5. The number of rotatable bonds is 6. The lowest BCUT2D eigenvalue weighted by atomic mass is 9.74. The number of ether oxygens (including phenoxy) is 1. The van der Waals surface area contributed by atoms with Gasteiger partial charge in [0, 0.05) is 43.9 Å². The van der Waals surface area contributed by atoms with E-state index in [1.54, 1.807) is 7.11 Å². The van der Waals surface area contributed by atoms with Crippen molar-refractivity contribution >= 4 is 21.5 Å². The minimum absolute atomic E-state index is 0.207. The molecule has 0 bridgehead atoms. The summed E-state index contributed by atoms with van der Waals surface area (Å²) in [7, 11) is 1.75. The summed E-state index contributed by atoms with van der Waals surface area (Å²) in [6, 6.07) is 28.3. The van der Waals surface area contributed by atoms with Gasteiger partial charge in [-0.3, -0.25) is 21.3 Å². The molecule has 5 heteroatoms. The molecule has 0 radical (unpaired) electrons. The van der Waals surface area contributed by atoms with Crippen LogP contribution in [0.3, 0.4) is 0 Å². The van der Waals surface area contributed by atoms with Crippen LogP contribution in [0.5, 0.6) is 5.75 Å². The molecular formula is C30H34N4O. The van der Waals surface area contributed by atoms with Crippen molar-refractivity contribution in [3.63, 3.8) is 0 Å². The third kappa shape index (κ3) is 3.54. The topological polar surface area (TPSA) is 57.4 Å². The molecule has 180 valence electrons. The molecular weight excluding hydrogens is 432 g/mol. The van der Waals surface area contributed by atoms with Gasteiger partial charge in [-0.1, -0.05) is 79.7 Å². The van der Waals surface area contributed by atoms with Crippen molar-refractivity contribution in [2.45, 2.75) is 30.6 Å². The van der Waals surface area contributed by atoms with Crippen LogP contribution < -0.4 is 26.0 Å². The summed E-state index contributed by atoms with van der Waals surface area (Å²) in [6.45, 7) is 6.10. The van der Waals surface area contributed by atoms with E-state index < -0.39 is 0 Å². The molecule has 5 nitrogen and oxygen atoms in total. The van der Waals surface area contributed by atoms with Crippen molar-refractivity contribution in [3.8, 4) is 5.75 Å². The number of methoxy groups -OCH3 is 1. The van der Waals surface area contributed by atoms with Gasteiger partial charge in [0.05, 0.1) is 7.11 Å². The highest BCUT2D eigenvalue weighted by atomic mass is 16.5. The molecule has 2 heterocycles. The van der Waals surface area contributed by atoms with E-state index in [4.69, 9.17) is 4.74 Å². The molecule has 35 heavy (non-hydrogen) atoms. The number of fused-ring (bicyclic) bond motifs is 2. The Balaban J connectivity index is 1.48. The van der Waals surface area contributed by atoms with E-state index in [1.165, 1.54) is 27.3 Å². The summed E-state index contributed by atoms with van der Waals surface area (Å²) in [6.07, 6.45) is 0.840. The molecule has 0 amide bonds. The largest absolute Gasteiger partial charge is 0.496 e. The highest BCUT2D eigenvalue weighted by Crippen LogP contribution is 2.41. The fourth-order valence-electron chi connectivity index (χ4n) is 6.53. The van der Waals surface area contributed by atoms with Gasteiger partial charge in [0.25, 0.3) is 0 Å². The first-order chi connectivity index (χ1) is 17.2. The Kier molecular flexibility index (Phi) is 5.73. The Morgan fingerprint density at radius 1 is 0.714 bits per heavy atom. The summed E-state index contributed by atoms with van der Waals surface area (Å²) < 4.78 is 5.68. The van der Waals surface area contributed by atoms with Gasteiger partial charge >= 0.3 is 0 Å². The van der Waals surface area contributed by atoms with Crippen LogP contribution in [0.1, 0.15) is 24.0 Å². The second-order valence-corrected chi connectivity index (χ2v) is 9.86. The highest BCUT2D eigenvalue weighted by molar-refractivity contribution is 5.91. The minimum atomic E-state index is -0.366. The summed E-state index contributed by atoms with van der Waals surface area (Å²) >= 11 is 0. The number of benzene rings is 4. The van der Waals surface area contributed by atoms with Gasteiger partial charge in [0.1, 0.15) is 17.1 Å². The number of hydrogen-bond acceptors (Lipinski definition) is 5. The van der Waals surface area contributed by atoms with Crippen molar-refractivity contribution in [1.82, 2.24) is 21.3 Å². The molecule has 1 atom stereocenters. The van der Waals surface area contributed by atoms with Crippen molar-refractivity contribution < 1.29 is 4.74 Å². The van der Waals surface area contributed by atoms with Gasteiger partial charge in [-0.05, 0) is 33.4 Å². The van der Waals surface area contributed by atoms with Crippen molar-refractivity contribution in [2.75, 3.05) is 33.3 Å². The summed E-state index contributed by atoms with van der Waals surface area (Å²) in [5, 5.41) is 20.7. The van der Waals surface area contributed by atoms with Gasteiger partial charge < -0.3 is 4.74 Å². The average molecular weight is 467 g/mol. The maximum atomic E-state index is 5.68. The molecule has 0 spiro atoms. The van der Waals surface area contributed by atoms with Crippen molar-refractivity contribution in [1.29, 1.82) is 0 Å². The molecule has 2 aliphatic rings. The lowest BCUT2D eigenvalue weighted by Crippen LogP contribution is -2.77. The van der Waals surface area contributed by atoms with E-state index >= 15 is 0 Å². The maximum Gasteiger partial charge on any atom is 0.126 e. The Hall–Kier alpha value is -2.96. The van der Waals surface area contributed by atoms with Gasteiger partial charge in [-0.15, -0.1) is 0 Å². The molecule has 4 aromatic rings. The molecule has 0 aliphatic carbocycles. The van der Waals surface area contributed by atoms with Gasteiger partial charge in [0.2, 0.25) is 0 Å². The Labute approximate surface area is 207 Å². The van der Waals surface area contributed by atoms with Crippen LogP contribution >= 0.6 is 0 Å². The molecule has 1 unspecified atom stereocenters. The normalized spacial score (nSPS) is 19.8. The fraction of sp³-hybridized carbons (Fsp3) is 0.333. The van der Waals surface area contributed by atoms with E-state index in [0.717, 1.165) is 43.7 Å². The predicted molar refractivity (Wildman–Crippen MR) is 144 cm³/mol. The summed E-state index contributed by atoms with van der Waals surface area (Å²) in [5.41, 5.74) is 1.94. The molecule has 2 aliphatic heterocycles. The quantitative estimate of drug-likeness (QED) is 0.344. The Morgan fingerprint density at radius 3 is 2.09 bits per heavy atom. The third-order valence-electron chi connectivity index (χ3n) is 8.17. The third-order valence-corrected chi connectivity index (χ3v) is 8.17. The molecule has 4 N–H and O–H groups in total. The predicted octanol–water partition coefficient (Wildman–Crippen LogP) is 4.13. The molecule has 2 saturated heterocycles. The Morgan fingerprint density at radius 2 is 1.34 bits per heavy atom. The zero-order valence-corrected chi connectivity index (χ0v) is 20.5. The molecule has 0 aromatic heterocycles. The van der Waals surface area contributed by atoms with Gasteiger partial charge in [0.15, 0.2) is 0 Å². The first kappa shape index (κ1) is 22.5. The van der Waals surface area contributed by atoms with Gasteiger partial charge in [-0.2, -0.15) is 0 Å². The first-order valence-corrected chi connectivity index (χ1v) is 12.7. The highest BCUT2D eigenvalue weighted by Gasteiger charge is 2.57. The SMILES string of the molecule is COc1ccc(CC2(C3(C(C)c4cccc5ccccc45)NCCN3)NCCN2)c2ccccc12. The summed E-state index contributed by atoms with van der Waals surface area (Å²) in [5.74, 6) is 1.13. The van der Waals surface area contributed by atoms with E-state index in [9.17, 15) is 0 Å². The monoisotopic (exact) mass is 466 g/mol. The second-order valence-electron chi connectivity index (χ2n) is 9.86. The van der Waals surface area contributed by atoms with Crippen LogP contribution in [-0.2, 0) is 6.42 Å². The fourth-order valence-corrected chi connectivity index (χ4v) is 6.53. The van der Waals surface area contributed by atoms with Crippen LogP contribution in [0, 0.1) is 0 Å². The second kappa shape index (κ2) is 8.92. The van der Waals surface area contributed by atoms with E-state index in [1.807, 2.05) is 0 Å². The minimum Gasteiger partial charge on any atom is -0.496 e. The number of hydrogen-bond donors (Lipinski definition) is 4. The standard InChI is InChI=1S/C30H34N4O/c1-21(24-13-7-9-22-8-3-4-10-25(22)24)30(33-18-19-34-30)29(31-16-17-32-29)20-23-14-15-28(35-2)27-12-6-5-11-26(23)27/h3-15,21,31-34H,16-20H2,1-2H3. The van der Waals surface area contributed by atoms with Crippen molar-refractivity contribution in [3.05, 3.63) is 90.0 Å². The van der Waals surface area contributed by atoms with E-state index in [0.29, 0.717) is 0 Å². The van der Waals surface area contributed by atoms with Crippen LogP contribution in [0.15, 0.2) is 78.9 Å². The van der Waals surface area contributed by atoms with Crippen LogP contribution in [0.25, 0.3) is 21.5 Å². The molecule has 2 fully saturated rings. The van der Waals surface area contributed by atoms with Crippen LogP contribution in [0.2, 0.25) is 0 Å². The number of nitrogens with one attached hydrogen (secondary N) is 4. The van der Waals surface area contributed by atoms with Crippen LogP contribution in [-0.4, -0.2) is 44.6 Å². The Bertz CT molecular complexity index is 1350. The van der Waals surface area contributed by atoms with Gasteiger partial charge in [-0.25, -0.2) is 0 Å². The lowest BCUT2D eigenvalue weighted by Gasteiger charge is -2.51.